The molecule has 1 atom stereocenters. The molecule has 1 saturated heterocycles. The summed E-state index contributed by atoms with van der Waals surface area (Å²) in [4.78, 5) is 2.27. The minimum Gasteiger partial charge on any atom is -0.384 e. The lowest BCUT2D eigenvalue weighted by atomic mass is 10.0. The third kappa shape index (κ3) is 3.28. The van der Waals surface area contributed by atoms with Gasteiger partial charge < -0.3 is 15.4 Å². The Morgan fingerprint density at radius 2 is 2.37 bits per heavy atom. The predicted molar refractivity (Wildman–Crippen MR) is 82.0 cm³/mol. The van der Waals surface area contributed by atoms with Crippen molar-refractivity contribution in [1.82, 2.24) is 0 Å². The van der Waals surface area contributed by atoms with E-state index in [1.807, 2.05) is 25.1 Å². The number of hydrogen-bond donors (Lipinski definition) is 2. The Morgan fingerprint density at radius 1 is 1.58 bits per heavy atom. The molecule has 0 aromatic heterocycles. The SMILES string of the molecule is CCOC1CCCN(c2cccc(Br)c2C(=N)N)C1. The lowest BCUT2D eigenvalue weighted by molar-refractivity contribution is 0.0526. The number of hydrogen-bond acceptors (Lipinski definition) is 3. The van der Waals surface area contributed by atoms with Gasteiger partial charge in [0.2, 0.25) is 0 Å². The number of nitrogens with zero attached hydrogens (tertiary/aromatic N) is 1. The van der Waals surface area contributed by atoms with Crippen molar-refractivity contribution in [3.05, 3.63) is 28.2 Å². The van der Waals surface area contributed by atoms with Crippen LogP contribution in [-0.4, -0.2) is 31.6 Å². The van der Waals surface area contributed by atoms with Gasteiger partial charge >= 0.3 is 0 Å². The second-order valence-corrected chi connectivity index (χ2v) is 5.57. The predicted octanol–water partition coefficient (Wildman–Crippen LogP) is 2.74. The summed E-state index contributed by atoms with van der Waals surface area (Å²) < 4.78 is 6.60. The maximum absolute atomic E-state index is 7.76. The molecule has 2 rings (SSSR count). The third-order valence-corrected chi connectivity index (χ3v) is 4.04. The Bertz CT molecular complexity index is 462. The highest BCUT2D eigenvalue weighted by Gasteiger charge is 2.23. The molecule has 1 aliphatic heterocycles. The fourth-order valence-corrected chi connectivity index (χ4v) is 3.14. The minimum atomic E-state index is 0.0982. The summed E-state index contributed by atoms with van der Waals surface area (Å²) in [7, 11) is 0. The molecule has 1 unspecified atom stereocenters. The van der Waals surface area contributed by atoms with E-state index in [0.717, 1.165) is 48.3 Å². The maximum atomic E-state index is 7.76. The van der Waals surface area contributed by atoms with Crippen LogP contribution >= 0.6 is 15.9 Å². The molecule has 0 bridgehead atoms. The fourth-order valence-electron chi connectivity index (χ4n) is 2.57. The molecule has 1 aromatic carbocycles. The van der Waals surface area contributed by atoms with E-state index in [0.29, 0.717) is 0 Å². The molecule has 104 valence electrons. The fraction of sp³-hybridized carbons (Fsp3) is 0.500. The Kier molecular flexibility index (Phi) is 4.82. The van der Waals surface area contributed by atoms with Crippen molar-refractivity contribution in [2.75, 3.05) is 24.6 Å². The Balaban J connectivity index is 2.26. The van der Waals surface area contributed by atoms with E-state index < -0.39 is 0 Å². The molecule has 19 heavy (non-hydrogen) atoms. The van der Waals surface area contributed by atoms with E-state index in [1.165, 1.54) is 0 Å². The molecular formula is C14H20BrN3O. The number of ether oxygens (including phenoxy) is 1. The van der Waals surface area contributed by atoms with Gasteiger partial charge in [-0.2, -0.15) is 0 Å². The largest absolute Gasteiger partial charge is 0.384 e. The van der Waals surface area contributed by atoms with Crippen LogP contribution in [0, 0.1) is 5.41 Å². The van der Waals surface area contributed by atoms with Gasteiger partial charge in [0.05, 0.1) is 11.7 Å². The van der Waals surface area contributed by atoms with Crippen LogP contribution in [0.4, 0.5) is 5.69 Å². The zero-order valence-electron chi connectivity index (χ0n) is 11.2. The summed E-state index contributed by atoms with van der Waals surface area (Å²) in [5.74, 6) is 0.0982. The normalized spacial score (nSPS) is 19.5. The summed E-state index contributed by atoms with van der Waals surface area (Å²) in [6.45, 7) is 4.63. The summed E-state index contributed by atoms with van der Waals surface area (Å²) in [6.07, 6.45) is 2.49. The first kappa shape index (κ1) is 14.3. The Hall–Kier alpha value is -1.07. The number of rotatable bonds is 4. The van der Waals surface area contributed by atoms with Gasteiger partial charge in [-0.1, -0.05) is 6.07 Å². The number of nitrogens with one attached hydrogen (secondary N) is 1. The second kappa shape index (κ2) is 6.39. The van der Waals surface area contributed by atoms with Crippen molar-refractivity contribution >= 4 is 27.5 Å². The number of benzene rings is 1. The van der Waals surface area contributed by atoms with Gasteiger partial charge in [0.1, 0.15) is 5.84 Å². The van der Waals surface area contributed by atoms with E-state index in [9.17, 15) is 0 Å². The van der Waals surface area contributed by atoms with Crippen LogP contribution in [-0.2, 0) is 4.74 Å². The van der Waals surface area contributed by atoms with Crippen molar-refractivity contribution < 1.29 is 4.74 Å². The number of amidine groups is 1. The highest BCUT2D eigenvalue weighted by atomic mass is 79.9. The monoisotopic (exact) mass is 325 g/mol. The van der Waals surface area contributed by atoms with Crippen LogP contribution < -0.4 is 10.6 Å². The van der Waals surface area contributed by atoms with Crippen LogP contribution in [0.3, 0.4) is 0 Å². The summed E-state index contributed by atoms with van der Waals surface area (Å²) in [6, 6.07) is 5.93. The first-order valence-corrected chi connectivity index (χ1v) is 7.42. The summed E-state index contributed by atoms with van der Waals surface area (Å²) >= 11 is 3.48. The number of halogens is 1. The van der Waals surface area contributed by atoms with E-state index in [-0.39, 0.29) is 11.9 Å². The molecule has 3 N–H and O–H groups in total. The van der Waals surface area contributed by atoms with Gasteiger partial charge in [0.15, 0.2) is 0 Å². The number of nitrogens with two attached hydrogens (primary N) is 1. The van der Waals surface area contributed by atoms with Crippen molar-refractivity contribution in [3.63, 3.8) is 0 Å². The molecule has 0 aliphatic carbocycles. The van der Waals surface area contributed by atoms with E-state index in [2.05, 4.69) is 20.8 Å². The molecule has 1 heterocycles. The highest BCUT2D eigenvalue weighted by Crippen LogP contribution is 2.30. The van der Waals surface area contributed by atoms with Gasteiger partial charge in [-0.15, -0.1) is 0 Å². The molecule has 5 heteroatoms. The van der Waals surface area contributed by atoms with Crippen molar-refractivity contribution in [1.29, 1.82) is 5.41 Å². The van der Waals surface area contributed by atoms with Crippen LogP contribution in [0.25, 0.3) is 0 Å². The molecule has 0 amide bonds. The average Bonchev–Trinajstić information content (AvgIpc) is 2.38. The first-order chi connectivity index (χ1) is 9.13. The summed E-state index contributed by atoms with van der Waals surface area (Å²) in [5, 5.41) is 7.76. The molecule has 0 radical (unpaired) electrons. The highest BCUT2D eigenvalue weighted by molar-refractivity contribution is 9.10. The Labute approximate surface area is 122 Å². The zero-order valence-corrected chi connectivity index (χ0v) is 12.7. The first-order valence-electron chi connectivity index (χ1n) is 6.63. The summed E-state index contributed by atoms with van der Waals surface area (Å²) in [5.41, 5.74) is 7.51. The van der Waals surface area contributed by atoms with Crippen LogP contribution in [0.1, 0.15) is 25.3 Å². The van der Waals surface area contributed by atoms with Crippen LogP contribution in [0.15, 0.2) is 22.7 Å². The number of anilines is 1. The average molecular weight is 326 g/mol. The number of nitrogen functional groups attached to an aromatic ring is 1. The smallest absolute Gasteiger partial charge is 0.126 e. The van der Waals surface area contributed by atoms with Crippen LogP contribution in [0.5, 0.6) is 0 Å². The lowest BCUT2D eigenvalue weighted by Gasteiger charge is -2.35. The van der Waals surface area contributed by atoms with Gasteiger partial charge in [0.25, 0.3) is 0 Å². The van der Waals surface area contributed by atoms with E-state index in [4.69, 9.17) is 15.9 Å². The molecule has 1 aromatic rings. The molecule has 4 nitrogen and oxygen atoms in total. The van der Waals surface area contributed by atoms with Gasteiger partial charge in [-0.05, 0) is 47.8 Å². The van der Waals surface area contributed by atoms with Crippen LogP contribution in [0.2, 0.25) is 0 Å². The van der Waals surface area contributed by atoms with Gasteiger partial charge in [0, 0.05) is 29.9 Å². The topological polar surface area (TPSA) is 62.3 Å². The molecular weight excluding hydrogens is 306 g/mol. The molecule has 0 spiro atoms. The molecule has 1 fully saturated rings. The van der Waals surface area contributed by atoms with E-state index in [1.54, 1.807) is 0 Å². The third-order valence-electron chi connectivity index (χ3n) is 3.38. The van der Waals surface area contributed by atoms with Crippen molar-refractivity contribution in [2.24, 2.45) is 5.73 Å². The lowest BCUT2D eigenvalue weighted by Crippen LogP contribution is -2.40. The van der Waals surface area contributed by atoms with Gasteiger partial charge in [-0.3, -0.25) is 5.41 Å². The van der Waals surface area contributed by atoms with Gasteiger partial charge in [-0.25, -0.2) is 0 Å². The molecule has 1 aliphatic rings. The quantitative estimate of drug-likeness (QED) is 0.661. The second-order valence-electron chi connectivity index (χ2n) is 4.71. The minimum absolute atomic E-state index is 0.0982. The molecule has 0 saturated carbocycles. The number of piperidine rings is 1. The standard InChI is InChI=1S/C14H20BrN3O/c1-2-19-10-5-4-8-18(9-10)12-7-3-6-11(15)13(12)14(16)17/h3,6-7,10H,2,4-5,8-9H2,1H3,(H3,16,17). The van der Waals surface area contributed by atoms with E-state index >= 15 is 0 Å². The maximum Gasteiger partial charge on any atom is 0.126 e. The van der Waals surface area contributed by atoms with Crippen molar-refractivity contribution in [2.45, 2.75) is 25.9 Å². The Morgan fingerprint density at radius 3 is 3.05 bits per heavy atom. The zero-order chi connectivity index (χ0) is 13.8. The van der Waals surface area contributed by atoms with Crippen molar-refractivity contribution in [3.8, 4) is 0 Å².